The van der Waals surface area contributed by atoms with Gasteiger partial charge in [-0.1, -0.05) is 11.6 Å². The first-order chi connectivity index (χ1) is 7.04. The number of aliphatic hydroxyl groups is 1. The number of nitrogens with two attached hydrogens (primary N) is 2. The molecule has 0 aliphatic carbocycles. The van der Waals surface area contributed by atoms with E-state index in [1.54, 1.807) is 0 Å². The van der Waals surface area contributed by atoms with Gasteiger partial charge in [-0.2, -0.15) is 0 Å². The summed E-state index contributed by atoms with van der Waals surface area (Å²) < 4.78 is 0. The molecule has 0 saturated heterocycles. The first-order valence-electron chi connectivity index (χ1n) is 4.18. The predicted octanol–water partition coefficient (Wildman–Crippen LogP) is -0.0195. The largest absolute Gasteiger partial charge is 0.397 e. The molecule has 0 heterocycles. The summed E-state index contributed by atoms with van der Waals surface area (Å²) in [6, 6.07) is 4.66. The molecule has 0 aliphatic rings. The maximum atomic E-state index is 11.3. The molecule has 5 nitrogen and oxygen atoms in total. The van der Waals surface area contributed by atoms with E-state index in [1.165, 1.54) is 12.1 Å². The molecule has 0 aliphatic heterocycles. The lowest BCUT2D eigenvalue weighted by Gasteiger charge is -2.11. The molecule has 15 heavy (non-hydrogen) atoms. The molecule has 1 amide bonds. The van der Waals surface area contributed by atoms with Crippen LogP contribution in [0.15, 0.2) is 12.1 Å². The fourth-order valence-corrected chi connectivity index (χ4v) is 1.07. The number of amides is 1. The van der Waals surface area contributed by atoms with Crippen molar-refractivity contribution in [2.24, 2.45) is 5.73 Å². The Kier molecular flexibility index (Phi) is 3.90. The van der Waals surface area contributed by atoms with Crippen molar-refractivity contribution in [3.05, 3.63) is 23.2 Å². The van der Waals surface area contributed by atoms with Gasteiger partial charge in [-0.15, -0.1) is 0 Å². The smallest absolute Gasteiger partial charge is 0.243 e. The highest BCUT2D eigenvalue weighted by atomic mass is 35.5. The van der Waals surface area contributed by atoms with Gasteiger partial charge >= 0.3 is 0 Å². The van der Waals surface area contributed by atoms with E-state index >= 15 is 0 Å². The van der Waals surface area contributed by atoms with Gasteiger partial charge in [0.15, 0.2) is 0 Å². The fraction of sp³-hybridized carbons (Fsp3) is 0.222. The van der Waals surface area contributed by atoms with Crippen LogP contribution in [0, 0.1) is 6.07 Å². The standard InChI is InChI=1S/C9H11ClN3O2/c10-5-1-2-8(6(11)3-5)13-9(15)7(12)4-14/h1,3,7,14H,4,11-12H2,(H,13,15)/t7-/m1/s1. The summed E-state index contributed by atoms with van der Waals surface area (Å²) in [5, 5.41) is 11.5. The van der Waals surface area contributed by atoms with Crippen LogP contribution in [0.1, 0.15) is 0 Å². The number of carbonyl (C=O) groups excluding carboxylic acids is 1. The Balaban J connectivity index is 2.77. The average molecular weight is 229 g/mol. The van der Waals surface area contributed by atoms with Gasteiger partial charge in [-0.3, -0.25) is 4.79 Å². The SMILES string of the molecule is Nc1cc(Cl)c[c]c1NC(=O)[C@H](N)CO. The summed E-state index contributed by atoms with van der Waals surface area (Å²) in [6.07, 6.45) is 0. The molecule has 1 rings (SSSR count). The highest BCUT2D eigenvalue weighted by Crippen LogP contribution is 2.21. The predicted molar refractivity (Wildman–Crippen MR) is 58.4 cm³/mol. The lowest BCUT2D eigenvalue weighted by molar-refractivity contribution is -0.118. The molecule has 1 aromatic rings. The first kappa shape index (κ1) is 11.8. The lowest BCUT2D eigenvalue weighted by atomic mass is 10.2. The van der Waals surface area contributed by atoms with Crippen molar-refractivity contribution in [3.8, 4) is 0 Å². The second-order valence-electron chi connectivity index (χ2n) is 2.93. The van der Waals surface area contributed by atoms with Crippen LogP contribution in [0.5, 0.6) is 0 Å². The quantitative estimate of drug-likeness (QED) is 0.546. The number of hydrogen-bond donors (Lipinski definition) is 4. The molecular weight excluding hydrogens is 218 g/mol. The molecule has 81 valence electrons. The molecule has 1 radical (unpaired) electrons. The minimum Gasteiger partial charge on any atom is -0.397 e. The zero-order chi connectivity index (χ0) is 11.4. The summed E-state index contributed by atoms with van der Waals surface area (Å²) in [5.41, 5.74) is 11.5. The molecule has 1 atom stereocenters. The van der Waals surface area contributed by atoms with Gasteiger partial charge in [-0.05, 0) is 12.1 Å². The van der Waals surface area contributed by atoms with E-state index in [0.29, 0.717) is 16.4 Å². The van der Waals surface area contributed by atoms with Gasteiger partial charge in [0.05, 0.1) is 18.0 Å². The average Bonchev–Trinajstić information content (AvgIpc) is 2.20. The van der Waals surface area contributed by atoms with Crippen LogP contribution in [0.4, 0.5) is 11.4 Å². The third-order valence-corrected chi connectivity index (χ3v) is 1.94. The van der Waals surface area contributed by atoms with E-state index in [1.807, 2.05) is 0 Å². The monoisotopic (exact) mass is 228 g/mol. The second kappa shape index (κ2) is 4.97. The first-order valence-corrected chi connectivity index (χ1v) is 4.56. The van der Waals surface area contributed by atoms with Crippen LogP contribution < -0.4 is 16.8 Å². The van der Waals surface area contributed by atoms with E-state index in [4.69, 9.17) is 28.2 Å². The van der Waals surface area contributed by atoms with Gasteiger partial charge < -0.3 is 21.9 Å². The number of benzene rings is 1. The minimum atomic E-state index is -0.978. The Morgan fingerprint density at radius 2 is 2.40 bits per heavy atom. The van der Waals surface area contributed by atoms with Crippen LogP contribution in [-0.4, -0.2) is 23.7 Å². The second-order valence-corrected chi connectivity index (χ2v) is 3.36. The zero-order valence-electron chi connectivity index (χ0n) is 7.83. The summed E-state index contributed by atoms with van der Waals surface area (Å²) in [6.45, 7) is -0.431. The van der Waals surface area contributed by atoms with Crippen LogP contribution in [0.2, 0.25) is 5.02 Å². The number of nitrogens with one attached hydrogen (secondary N) is 1. The maximum Gasteiger partial charge on any atom is 0.243 e. The summed E-state index contributed by atoms with van der Waals surface area (Å²) in [4.78, 5) is 11.3. The van der Waals surface area contributed by atoms with Gasteiger partial charge in [0.25, 0.3) is 0 Å². The molecule has 0 fully saturated rings. The van der Waals surface area contributed by atoms with Crippen molar-refractivity contribution in [3.63, 3.8) is 0 Å². The van der Waals surface area contributed by atoms with E-state index in [2.05, 4.69) is 11.4 Å². The van der Waals surface area contributed by atoms with Crippen molar-refractivity contribution in [1.29, 1.82) is 0 Å². The van der Waals surface area contributed by atoms with E-state index in [9.17, 15) is 4.79 Å². The van der Waals surface area contributed by atoms with E-state index in [0.717, 1.165) is 0 Å². The molecule has 6 heteroatoms. The van der Waals surface area contributed by atoms with Crippen LogP contribution in [0.25, 0.3) is 0 Å². The Morgan fingerprint density at radius 1 is 1.73 bits per heavy atom. The number of carbonyl (C=O) groups is 1. The highest BCUT2D eigenvalue weighted by Gasteiger charge is 2.13. The molecule has 0 spiro atoms. The van der Waals surface area contributed by atoms with Crippen LogP contribution in [-0.2, 0) is 4.79 Å². The summed E-state index contributed by atoms with van der Waals surface area (Å²) in [7, 11) is 0. The lowest BCUT2D eigenvalue weighted by Crippen LogP contribution is -2.38. The third kappa shape index (κ3) is 3.09. The maximum absolute atomic E-state index is 11.3. The normalized spacial score (nSPS) is 12.2. The van der Waals surface area contributed by atoms with Gasteiger partial charge in [0.2, 0.25) is 5.91 Å². The Morgan fingerprint density at radius 3 is 2.93 bits per heavy atom. The number of hydrogen-bond acceptors (Lipinski definition) is 4. The van der Waals surface area contributed by atoms with Crippen molar-refractivity contribution < 1.29 is 9.90 Å². The van der Waals surface area contributed by atoms with E-state index in [-0.39, 0.29) is 0 Å². The van der Waals surface area contributed by atoms with Crippen LogP contribution >= 0.6 is 11.6 Å². The topological polar surface area (TPSA) is 101 Å². The van der Waals surface area contributed by atoms with Crippen molar-refractivity contribution >= 4 is 28.9 Å². The van der Waals surface area contributed by atoms with Crippen molar-refractivity contribution in [1.82, 2.24) is 0 Å². The summed E-state index contributed by atoms with van der Waals surface area (Å²) >= 11 is 5.65. The third-order valence-electron chi connectivity index (χ3n) is 1.72. The molecular formula is C9H11ClN3O2. The molecule has 0 bridgehead atoms. The van der Waals surface area contributed by atoms with Crippen molar-refractivity contribution in [2.45, 2.75) is 6.04 Å². The van der Waals surface area contributed by atoms with Gasteiger partial charge in [0.1, 0.15) is 6.04 Å². The summed E-state index contributed by atoms with van der Waals surface area (Å²) in [5.74, 6) is -0.525. The number of nitrogen functional groups attached to an aromatic ring is 1. The zero-order valence-corrected chi connectivity index (χ0v) is 8.58. The Hall–Kier alpha value is -1.30. The number of aliphatic hydroxyl groups excluding tert-OH is 1. The van der Waals surface area contributed by atoms with E-state index < -0.39 is 18.6 Å². The molecule has 1 aromatic carbocycles. The minimum absolute atomic E-state index is 0.293. The molecule has 0 saturated carbocycles. The van der Waals surface area contributed by atoms with Crippen LogP contribution in [0.3, 0.4) is 0 Å². The molecule has 6 N–H and O–H groups in total. The van der Waals surface area contributed by atoms with Crippen molar-refractivity contribution in [2.75, 3.05) is 17.7 Å². The highest BCUT2D eigenvalue weighted by molar-refractivity contribution is 6.31. The van der Waals surface area contributed by atoms with Gasteiger partial charge in [-0.25, -0.2) is 0 Å². The fourth-order valence-electron chi connectivity index (χ4n) is 0.894. The molecule has 0 unspecified atom stereocenters. The van der Waals surface area contributed by atoms with Gasteiger partial charge in [0, 0.05) is 11.1 Å². The Labute approximate surface area is 92.0 Å². The number of rotatable bonds is 3. The molecule has 0 aromatic heterocycles. The number of anilines is 2. The number of halogens is 1. The Bertz CT molecular complexity index is 370.